The molecule has 3 heteroatoms. The second-order valence-electron chi connectivity index (χ2n) is 4.51. The summed E-state index contributed by atoms with van der Waals surface area (Å²) in [6.45, 7) is 0. The third-order valence-corrected chi connectivity index (χ3v) is 3.07. The van der Waals surface area contributed by atoms with Crippen molar-refractivity contribution in [3.05, 3.63) is 85.3 Å². The molecule has 0 atom stereocenters. The number of nitrogens with zero attached hydrogens (tertiary/aromatic N) is 2. The normalized spacial score (nSPS) is 9.90. The van der Waals surface area contributed by atoms with E-state index in [9.17, 15) is 0 Å². The largest absolute Gasteiger partial charge is 0.343 e. The zero-order chi connectivity index (χ0) is 14.3. The molecule has 0 fully saturated rings. The van der Waals surface area contributed by atoms with E-state index < -0.39 is 0 Å². The molecule has 0 spiro atoms. The predicted molar refractivity (Wildman–Crippen MR) is 85.8 cm³/mol. The zero-order valence-electron chi connectivity index (χ0n) is 11.5. The fraction of sp³-hybridized carbons (Fsp3) is 0. The van der Waals surface area contributed by atoms with Crippen molar-refractivity contribution in [2.45, 2.75) is 0 Å². The lowest BCUT2D eigenvalue weighted by Crippen LogP contribution is -1.73. The van der Waals surface area contributed by atoms with E-state index in [2.05, 4.69) is 63.5 Å². The van der Waals surface area contributed by atoms with Crippen LogP contribution in [0.15, 0.2) is 85.3 Å². The average Bonchev–Trinajstić information content (AvgIpc) is 3.06. The molecule has 102 valence electrons. The first-order valence-corrected chi connectivity index (χ1v) is 6.78. The predicted octanol–water partition coefficient (Wildman–Crippen LogP) is 4.31. The number of aromatic amines is 1. The van der Waals surface area contributed by atoms with Crippen molar-refractivity contribution in [1.29, 1.82) is 0 Å². The summed E-state index contributed by atoms with van der Waals surface area (Å²) < 4.78 is 0. The lowest BCUT2D eigenvalue weighted by molar-refractivity contribution is 1.30. The van der Waals surface area contributed by atoms with Crippen LogP contribution in [-0.4, -0.2) is 15.0 Å². The Kier molecular flexibility index (Phi) is 4.03. The molecule has 4 aromatic rings. The number of pyridine rings is 1. The quantitative estimate of drug-likeness (QED) is 0.561. The Balaban J connectivity index is 0.000000131. The topological polar surface area (TPSA) is 41.6 Å². The molecule has 0 bridgehead atoms. The van der Waals surface area contributed by atoms with Gasteiger partial charge in [-0.05, 0) is 23.3 Å². The number of hydrogen-bond donors (Lipinski definition) is 1. The van der Waals surface area contributed by atoms with Crippen LogP contribution < -0.4 is 0 Å². The highest BCUT2D eigenvalue weighted by Gasteiger charge is 1.92. The maximum Gasteiger partial charge on any atom is 0.177 e. The van der Waals surface area contributed by atoms with E-state index >= 15 is 0 Å². The number of fused-ring (bicyclic) bond motifs is 1. The third-order valence-electron chi connectivity index (χ3n) is 3.07. The van der Waals surface area contributed by atoms with Gasteiger partial charge in [-0.2, -0.15) is 0 Å². The SMILES string of the molecule is c1ccc(-c2ccccc2)cc1.c1cnc2nc[nH]c2c1. The van der Waals surface area contributed by atoms with Crippen molar-refractivity contribution in [3.63, 3.8) is 0 Å². The maximum absolute atomic E-state index is 4.00. The first kappa shape index (κ1) is 13.1. The molecule has 0 unspecified atom stereocenters. The smallest absolute Gasteiger partial charge is 0.177 e. The molecule has 21 heavy (non-hydrogen) atoms. The molecule has 2 heterocycles. The molecular formula is C18H15N3. The highest BCUT2D eigenvalue weighted by molar-refractivity contribution is 5.68. The van der Waals surface area contributed by atoms with Crippen LogP contribution in [0.2, 0.25) is 0 Å². The van der Waals surface area contributed by atoms with Crippen LogP contribution in [-0.2, 0) is 0 Å². The van der Waals surface area contributed by atoms with Crippen LogP contribution in [0.1, 0.15) is 0 Å². The molecule has 0 aliphatic heterocycles. The van der Waals surface area contributed by atoms with Crippen LogP contribution in [0.25, 0.3) is 22.3 Å². The molecule has 1 N–H and O–H groups in total. The summed E-state index contributed by atoms with van der Waals surface area (Å²) >= 11 is 0. The number of H-pyrrole nitrogens is 1. The molecule has 2 aromatic carbocycles. The Morgan fingerprint density at radius 2 is 1.24 bits per heavy atom. The van der Waals surface area contributed by atoms with Gasteiger partial charge in [-0.15, -0.1) is 0 Å². The van der Waals surface area contributed by atoms with Crippen molar-refractivity contribution in [1.82, 2.24) is 15.0 Å². The molecular weight excluding hydrogens is 258 g/mol. The van der Waals surface area contributed by atoms with E-state index in [-0.39, 0.29) is 0 Å². The molecule has 0 saturated heterocycles. The van der Waals surface area contributed by atoms with Crippen LogP contribution in [0.3, 0.4) is 0 Å². The van der Waals surface area contributed by atoms with Crippen molar-refractivity contribution in [2.75, 3.05) is 0 Å². The zero-order valence-corrected chi connectivity index (χ0v) is 11.5. The monoisotopic (exact) mass is 273 g/mol. The Bertz CT molecular complexity index is 724. The van der Waals surface area contributed by atoms with Gasteiger partial charge in [0.05, 0.1) is 11.8 Å². The highest BCUT2D eigenvalue weighted by atomic mass is 14.9. The van der Waals surface area contributed by atoms with E-state index in [4.69, 9.17) is 0 Å². The van der Waals surface area contributed by atoms with Gasteiger partial charge in [0, 0.05) is 6.20 Å². The van der Waals surface area contributed by atoms with Crippen molar-refractivity contribution in [3.8, 4) is 11.1 Å². The number of nitrogens with one attached hydrogen (secondary N) is 1. The molecule has 2 aromatic heterocycles. The second-order valence-corrected chi connectivity index (χ2v) is 4.51. The molecule has 3 nitrogen and oxygen atoms in total. The number of aromatic nitrogens is 3. The van der Waals surface area contributed by atoms with E-state index in [1.165, 1.54) is 11.1 Å². The first-order valence-electron chi connectivity index (χ1n) is 6.78. The van der Waals surface area contributed by atoms with Gasteiger partial charge in [0.25, 0.3) is 0 Å². The Labute approximate surface area is 123 Å². The van der Waals surface area contributed by atoms with E-state index in [1.54, 1.807) is 12.5 Å². The fourth-order valence-electron chi connectivity index (χ4n) is 2.04. The van der Waals surface area contributed by atoms with E-state index in [1.807, 2.05) is 24.3 Å². The summed E-state index contributed by atoms with van der Waals surface area (Å²) in [5, 5.41) is 0. The summed E-state index contributed by atoms with van der Waals surface area (Å²) in [5.74, 6) is 0. The van der Waals surface area contributed by atoms with Crippen LogP contribution in [0, 0.1) is 0 Å². The third kappa shape index (κ3) is 3.34. The van der Waals surface area contributed by atoms with E-state index in [0.717, 1.165) is 11.2 Å². The standard InChI is InChI=1S/C12H10.C6H5N3/c1-3-7-11(8-4-1)12-9-5-2-6-10-12;1-2-5-6(7-3-1)9-4-8-5/h1-10H;1-4H,(H,7,8,9). The lowest BCUT2D eigenvalue weighted by Gasteiger charge is -1.98. The van der Waals surface area contributed by atoms with Gasteiger partial charge in [-0.3, -0.25) is 0 Å². The van der Waals surface area contributed by atoms with Crippen LogP contribution in [0.5, 0.6) is 0 Å². The van der Waals surface area contributed by atoms with Crippen molar-refractivity contribution >= 4 is 11.2 Å². The van der Waals surface area contributed by atoms with Gasteiger partial charge in [0.15, 0.2) is 5.65 Å². The van der Waals surface area contributed by atoms with Crippen molar-refractivity contribution < 1.29 is 0 Å². The van der Waals surface area contributed by atoms with Gasteiger partial charge in [-0.25, -0.2) is 9.97 Å². The summed E-state index contributed by atoms with van der Waals surface area (Å²) in [7, 11) is 0. The Morgan fingerprint density at radius 3 is 1.81 bits per heavy atom. The number of rotatable bonds is 1. The fourth-order valence-corrected chi connectivity index (χ4v) is 2.04. The van der Waals surface area contributed by atoms with Crippen molar-refractivity contribution in [2.24, 2.45) is 0 Å². The minimum atomic E-state index is 0.775. The van der Waals surface area contributed by atoms with Gasteiger partial charge in [-0.1, -0.05) is 60.7 Å². The molecule has 0 radical (unpaired) electrons. The molecule has 0 aliphatic carbocycles. The number of imidazole rings is 1. The minimum Gasteiger partial charge on any atom is -0.343 e. The highest BCUT2D eigenvalue weighted by Crippen LogP contribution is 2.17. The lowest BCUT2D eigenvalue weighted by atomic mass is 10.1. The number of hydrogen-bond acceptors (Lipinski definition) is 2. The summed E-state index contributed by atoms with van der Waals surface area (Å²) in [6.07, 6.45) is 3.36. The van der Waals surface area contributed by atoms with E-state index in [0.29, 0.717) is 0 Å². The first-order chi connectivity index (χ1) is 10.4. The molecule has 0 aliphatic rings. The molecule has 4 rings (SSSR count). The Morgan fingerprint density at radius 1 is 0.619 bits per heavy atom. The average molecular weight is 273 g/mol. The molecule has 0 saturated carbocycles. The van der Waals surface area contributed by atoms with Gasteiger partial charge >= 0.3 is 0 Å². The van der Waals surface area contributed by atoms with Gasteiger partial charge < -0.3 is 4.98 Å². The molecule has 0 amide bonds. The number of benzene rings is 2. The summed E-state index contributed by atoms with van der Waals surface area (Å²) in [4.78, 5) is 10.9. The minimum absolute atomic E-state index is 0.775. The summed E-state index contributed by atoms with van der Waals surface area (Å²) in [5.41, 5.74) is 4.31. The second kappa shape index (κ2) is 6.48. The maximum atomic E-state index is 4.00. The van der Waals surface area contributed by atoms with Crippen LogP contribution >= 0.6 is 0 Å². The van der Waals surface area contributed by atoms with Gasteiger partial charge in [0.1, 0.15) is 0 Å². The van der Waals surface area contributed by atoms with Crippen LogP contribution in [0.4, 0.5) is 0 Å². The summed E-state index contributed by atoms with van der Waals surface area (Å²) in [6, 6.07) is 24.6. The Hall–Kier alpha value is -2.94. The van der Waals surface area contributed by atoms with Gasteiger partial charge in [0.2, 0.25) is 0 Å².